The normalized spacial score (nSPS) is 45.8. The van der Waals surface area contributed by atoms with Crippen LogP contribution in [0, 0.1) is 46.3 Å². The topological polar surface area (TPSA) is 84.3 Å². The van der Waals surface area contributed by atoms with Crippen LogP contribution in [0.5, 0.6) is 0 Å². The maximum atomic E-state index is 13.8. The summed E-state index contributed by atoms with van der Waals surface area (Å²) in [7, 11) is 0. The van der Waals surface area contributed by atoms with Gasteiger partial charge in [0.05, 0.1) is 12.2 Å². The Kier molecular flexibility index (Phi) is 8.66. The lowest BCUT2D eigenvalue weighted by molar-refractivity contribution is -0.157. The zero-order chi connectivity index (χ0) is 30.8. The second-order valence-corrected chi connectivity index (χ2v) is 17.1. The van der Waals surface area contributed by atoms with E-state index >= 15 is 0 Å². The van der Waals surface area contributed by atoms with E-state index in [1.165, 1.54) is 44.9 Å². The lowest BCUT2D eigenvalue weighted by Crippen LogP contribution is -2.63. The third-order valence-electron chi connectivity index (χ3n) is 15.2. The van der Waals surface area contributed by atoms with Gasteiger partial charge in [0.25, 0.3) is 0 Å². The number of amides is 2. The van der Waals surface area contributed by atoms with Crippen molar-refractivity contribution in [2.24, 2.45) is 46.3 Å². The molecule has 1 unspecified atom stereocenters. The van der Waals surface area contributed by atoms with E-state index in [4.69, 9.17) is 0 Å². The zero-order valence-corrected chi connectivity index (χ0v) is 28.0. The Labute approximate surface area is 266 Å². The lowest BCUT2D eigenvalue weighted by Gasteiger charge is -2.63. The standard InChI is InChI=1S/C37H61N3O4/c1-24(41)28-13-14-29-27-12-11-26-22-33(42)32(23-37(26,3)30(27)15-16-36(28,29)2)38-18-20-39(21-19-38)35(44)31-10-7-17-40(31)34(43)25-8-5-4-6-9-25/h24-33,41-42H,4-23H2,1-3H3/t24?,26-,27-,28+,29-,30-,31-,32-,33-,36+,37-/m0/s1. The Hall–Kier alpha value is -1.18. The predicted octanol–water partition coefficient (Wildman–Crippen LogP) is 5.08. The van der Waals surface area contributed by atoms with Gasteiger partial charge < -0.3 is 20.0 Å². The number of hydrogen-bond acceptors (Lipinski definition) is 5. The molecule has 2 aliphatic heterocycles. The van der Waals surface area contributed by atoms with Crippen molar-refractivity contribution in [1.82, 2.24) is 14.7 Å². The molecular weight excluding hydrogens is 550 g/mol. The van der Waals surface area contributed by atoms with Gasteiger partial charge in [-0.3, -0.25) is 14.5 Å². The van der Waals surface area contributed by atoms with Gasteiger partial charge in [-0.2, -0.15) is 0 Å². The second-order valence-electron chi connectivity index (χ2n) is 17.1. The Balaban J connectivity index is 0.990. The summed E-state index contributed by atoms with van der Waals surface area (Å²) in [4.78, 5) is 33.6. The summed E-state index contributed by atoms with van der Waals surface area (Å²) in [6, 6.07) is -0.0960. The number of rotatable bonds is 4. The van der Waals surface area contributed by atoms with E-state index in [1.54, 1.807) is 0 Å². The van der Waals surface area contributed by atoms with Crippen LogP contribution >= 0.6 is 0 Å². The lowest BCUT2D eigenvalue weighted by atomic mass is 9.44. The van der Waals surface area contributed by atoms with Gasteiger partial charge in [-0.1, -0.05) is 33.1 Å². The van der Waals surface area contributed by atoms with Gasteiger partial charge in [0.15, 0.2) is 0 Å². The Morgan fingerprint density at radius 1 is 0.773 bits per heavy atom. The summed E-state index contributed by atoms with van der Waals surface area (Å²) in [5.74, 6) is 3.79. The highest BCUT2D eigenvalue weighted by Gasteiger charge is 2.62. The summed E-state index contributed by atoms with van der Waals surface area (Å²) >= 11 is 0. The van der Waals surface area contributed by atoms with Crippen molar-refractivity contribution in [2.45, 2.75) is 141 Å². The molecule has 0 radical (unpaired) electrons. The average Bonchev–Trinajstić information content (AvgIpc) is 3.66. The van der Waals surface area contributed by atoms with Gasteiger partial charge in [0, 0.05) is 44.7 Å². The molecule has 0 aromatic rings. The van der Waals surface area contributed by atoms with E-state index in [9.17, 15) is 19.8 Å². The summed E-state index contributed by atoms with van der Waals surface area (Å²) in [6.45, 7) is 10.9. The molecule has 7 fully saturated rings. The second kappa shape index (κ2) is 12.1. The van der Waals surface area contributed by atoms with Crippen molar-refractivity contribution in [3.05, 3.63) is 0 Å². The van der Waals surface area contributed by atoms with Crippen LogP contribution in [0.4, 0.5) is 0 Å². The van der Waals surface area contributed by atoms with Crippen molar-refractivity contribution in [1.29, 1.82) is 0 Å². The molecule has 5 aliphatic carbocycles. The molecule has 0 aromatic carbocycles. The van der Waals surface area contributed by atoms with Crippen molar-refractivity contribution >= 4 is 11.8 Å². The smallest absolute Gasteiger partial charge is 0.245 e. The van der Waals surface area contributed by atoms with E-state index in [0.29, 0.717) is 24.9 Å². The molecule has 0 spiro atoms. The molecular formula is C37H61N3O4. The van der Waals surface area contributed by atoms with E-state index in [1.807, 2.05) is 16.7 Å². The maximum Gasteiger partial charge on any atom is 0.245 e. The van der Waals surface area contributed by atoms with Crippen molar-refractivity contribution in [3.8, 4) is 0 Å². The predicted molar refractivity (Wildman–Crippen MR) is 172 cm³/mol. The fourth-order valence-electron chi connectivity index (χ4n) is 12.8. The molecule has 7 heteroatoms. The molecule has 5 saturated carbocycles. The molecule has 2 saturated heterocycles. The number of aliphatic hydroxyl groups excluding tert-OH is 2. The molecule has 7 rings (SSSR count). The minimum atomic E-state index is -0.287. The Bertz CT molecular complexity index is 1070. The van der Waals surface area contributed by atoms with Crippen LogP contribution in [0.3, 0.4) is 0 Å². The Morgan fingerprint density at radius 2 is 1.50 bits per heavy atom. The molecule has 0 aromatic heterocycles. The van der Waals surface area contributed by atoms with Gasteiger partial charge in [-0.05, 0) is 124 Å². The number of nitrogens with zero attached hydrogens (tertiary/aromatic N) is 3. The molecule has 0 bridgehead atoms. The van der Waals surface area contributed by atoms with Crippen molar-refractivity contribution < 1.29 is 19.8 Å². The number of aliphatic hydroxyl groups is 2. The minimum Gasteiger partial charge on any atom is -0.393 e. The molecule has 248 valence electrons. The first-order valence-electron chi connectivity index (χ1n) is 18.8. The molecule has 11 atom stereocenters. The molecule has 7 aliphatic rings. The highest BCUT2D eigenvalue weighted by molar-refractivity contribution is 5.89. The zero-order valence-electron chi connectivity index (χ0n) is 28.0. The molecule has 7 nitrogen and oxygen atoms in total. The van der Waals surface area contributed by atoms with Crippen LogP contribution < -0.4 is 0 Å². The van der Waals surface area contributed by atoms with Crippen molar-refractivity contribution in [3.63, 3.8) is 0 Å². The van der Waals surface area contributed by atoms with E-state index < -0.39 is 0 Å². The number of hydrogen-bond donors (Lipinski definition) is 2. The molecule has 44 heavy (non-hydrogen) atoms. The maximum absolute atomic E-state index is 13.8. The summed E-state index contributed by atoms with van der Waals surface area (Å²) in [5.41, 5.74) is 0.540. The van der Waals surface area contributed by atoms with Crippen LogP contribution in [0.25, 0.3) is 0 Å². The van der Waals surface area contributed by atoms with Crippen LogP contribution in [-0.4, -0.2) is 93.7 Å². The van der Waals surface area contributed by atoms with Crippen molar-refractivity contribution in [2.75, 3.05) is 32.7 Å². The van der Waals surface area contributed by atoms with Crippen LogP contribution in [0.1, 0.15) is 117 Å². The van der Waals surface area contributed by atoms with Gasteiger partial charge in [0.2, 0.25) is 11.8 Å². The third kappa shape index (κ3) is 5.18. The first-order valence-corrected chi connectivity index (χ1v) is 18.8. The highest BCUT2D eigenvalue weighted by Crippen LogP contribution is 2.68. The Morgan fingerprint density at radius 3 is 2.23 bits per heavy atom. The van der Waals surface area contributed by atoms with Gasteiger partial charge in [-0.15, -0.1) is 0 Å². The van der Waals surface area contributed by atoms with Crippen LogP contribution in [-0.2, 0) is 9.59 Å². The van der Waals surface area contributed by atoms with Gasteiger partial charge in [0.1, 0.15) is 6.04 Å². The van der Waals surface area contributed by atoms with E-state index in [0.717, 1.165) is 88.8 Å². The fourth-order valence-corrected chi connectivity index (χ4v) is 12.8. The first-order chi connectivity index (χ1) is 21.1. The van der Waals surface area contributed by atoms with Gasteiger partial charge >= 0.3 is 0 Å². The van der Waals surface area contributed by atoms with Crippen LogP contribution in [0.15, 0.2) is 0 Å². The first kappa shape index (κ1) is 31.4. The number of carbonyl (C=O) groups is 2. The number of carbonyl (C=O) groups excluding carboxylic acids is 2. The summed E-state index contributed by atoms with van der Waals surface area (Å²) in [6.07, 6.45) is 16.3. The minimum absolute atomic E-state index is 0.123. The van der Waals surface area contributed by atoms with E-state index in [-0.39, 0.29) is 52.9 Å². The summed E-state index contributed by atoms with van der Waals surface area (Å²) < 4.78 is 0. The third-order valence-corrected chi connectivity index (χ3v) is 15.2. The SMILES string of the molecule is CC(O)[C@H]1CC[C@H]2[C@@H]3CC[C@H]4C[C@H](O)[C@@H](N5CCN(C(=O)[C@@H]6CCCN6C(=O)C6CCCCC6)CC5)C[C@]4(C)[C@H]3CC[C@]12C. The van der Waals surface area contributed by atoms with E-state index in [2.05, 4.69) is 18.7 Å². The number of fused-ring (bicyclic) bond motifs is 5. The fraction of sp³-hybridized carbons (Fsp3) is 0.946. The van der Waals surface area contributed by atoms with Crippen LogP contribution in [0.2, 0.25) is 0 Å². The molecule has 2 amide bonds. The largest absolute Gasteiger partial charge is 0.393 e. The molecule has 2 heterocycles. The van der Waals surface area contributed by atoms with Gasteiger partial charge in [-0.25, -0.2) is 0 Å². The quantitative estimate of drug-likeness (QED) is 0.463. The monoisotopic (exact) mass is 611 g/mol. The summed E-state index contributed by atoms with van der Waals surface area (Å²) in [5, 5.41) is 22.2. The molecule has 2 N–H and O–H groups in total. The number of piperazine rings is 1. The average molecular weight is 612 g/mol. The number of likely N-dealkylation sites (tertiary alicyclic amines) is 1. The highest BCUT2D eigenvalue weighted by atomic mass is 16.3.